The predicted octanol–water partition coefficient (Wildman–Crippen LogP) is 3.05. The standard InChI is InChI=1S/C22H27N5O3/c1-14-17(15(2)27-22(25-14)23-13-24-27)8-10-21(28)26-11-5-6-19(26)18-12-16(29-3)7-9-20(18)30-4/h7,9,12-13,19H,5-6,8,10-11H2,1-4H3. The highest BCUT2D eigenvalue weighted by molar-refractivity contribution is 5.77. The van der Waals surface area contributed by atoms with Crippen molar-refractivity contribution >= 4 is 11.7 Å². The summed E-state index contributed by atoms with van der Waals surface area (Å²) in [5, 5.41) is 4.23. The Hall–Kier alpha value is -3.16. The number of nitrogens with zero attached hydrogens (tertiary/aromatic N) is 5. The Labute approximate surface area is 175 Å². The lowest BCUT2D eigenvalue weighted by Gasteiger charge is -2.27. The number of ether oxygens (including phenoxy) is 2. The van der Waals surface area contributed by atoms with Gasteiger partial charge in [0.25, 0.3) is 5.78 Å². The third-order valence-electron chi connectivity index (χ3n) is 5.95. The van der Waals surface area contributed by atoms with E-state index in [2.05, 4.69) is 15.1 Å². The van der Waals surface area contributed by atoms with Crippen molar-refractivity contribution in [2.45, 2.75) is 45.6 Å². The Morgan fingerprint density at radius 3 is 2.83 bits per heavy atom. The Morgan fingerprint density at radius 2 is 2.07 bits per heavy atom. The minimum absolute atomic E-state index is 0.000615. The topological polar surface area (TPSA) is 81.9 Å². The van der Waals surface area contributed by atoms with Gasteiger partial charge in [0.1, 0.15) is 17.8 Å². The van der Waals surface area contributed by atoms with Crippen LogP contribution in [-0.2, 0) is 11.2 Å². The van der Waals surface area contributed by atoms with E-state index >= 15 is 0 Å². The van der Waals surface area contributed by atoms with Crippen LogP contribution >= 0.6 is 0 Å². The fraction of sp³-hybridized carbons (Fsp3) is 0.455. The summed E-state index contributed by atoms with van der Waals surface area (Å²) in [4.78, 5) is 23.8. The molecule has 158 valence electrons. The van der Waals surface area contributed by atoms with E-state index in [-0.39, 0.29) is 11.9 Å². The van der Waals surface area contributed by atoms with Crippen LogP contribution in [0, 0.1) is 13.8 Å². The number of benzene rings is 1. The quantitative estimate of drug-likeness (QED) is 0.622. The molecule has 1 aliphatic rings. The van der Waals surface area contributed by atoms with Crippen LogP contribution in [0.15, 0.2) is 24.5 Å². The summed E-state index contributed by atoms with van der Waals surface area (Å²) >= 11 is 0. The molecule has 0 saturated carbocycles. The number of hydrogen-bond acceptors (Lipinski definition) is 6. The van der Waals surface area contributed by atoms with Gasteiger partial charge in [0.05, 0.1) is 20.3 Å². The zero-order valence-corrected chi connectivity index (χ0v) is 17.9. The molecule has 0 N–H and O–H groups in total. The number of hydrogen-bond donors (Lipinski definition) is 0. The molecule has 4 rings (SSSR count). The van der Waals surface area contributed by atoms with Crippen LogP contribution in [0.2, 0.25) is 0 Å². The van der Waals surface area contributed by atoms with E-state index in [0.717, 1.165) is 53.4 Å². The Bertz CT molecular complexity index is 1080. The summed E-state index contributed by atoms with van der Waals surface area (Å²) in [7, 11) is 3.30. The second kappa shape index (κ2) is 8.30. The summed E-state index contributed by atoms with van der Waals surface area (Å²) in [5.74, 6) is 2.28. The van der Waals surface area contributed by atoms with Crippen LogP contribution < -0.4 is 9.47 Å². The normalized spacial score (nSPS) is 16.3. The van der Waals surface area contributed by atoms with Crippen molar-refractivity contribution in [2.75, 3.05) is 20.8 Å². The van der Waals surface area contributed by atoms with Gasteiger partial charge in [-0.3, -0.25) is 4.79 Å². The molecule has 1 atom stereocenters. The second-order valence-corrected chi connectivity index (χ2v) is 7.59. The molecular formula is C22H27N5O3. The van der Waals surface area contributed by atoms with Crippen molar-refractivity contribution in [3.63, 3.8) is 0 Å². The van der Waals surface area contributed by atoms with Crippen LogP contribution in [0.1, 0.15) is 47.8 Å². The lowest BCUT2D eigenvalue weighted by atomic mass is 10.0. The first-order valence-corrected chi connectivity index (χ1v) is 10.2. The third-order valence-corrected chi connectivity index (χ3v) is 5.95. The molecule has 30 heavy (non-hydrogen) atoms. The molecule has 1 aliphatic heterocycles. The number of aryl methyl sites for hydroxylation is 2. The zero-order chi connectivity index (χ0) is 21.3. The van der Waals surface area contributed by atoms with Gasteiger partial charge in [0, 0.05) is 29.9 Å². The van der Waals surface area contributed by atoms with Crippen molar-refractivity contribution in [1.82, 2.24) is 24.5 Å². The number of carbonyl (C=O) groups is 1. The highest BCUT2D eigenvalue weighted by Crippen LogP contribution is 2.39. The van der Waals surface area contributed by atoms with E-state index in [1.54, 1.807) is 18.7 Å². The molecule has 0 aliphatic carbocycles. The molecule has 1 fully saturated rings. The summed E-state index contributed by atoms with van der Waals surface area (Å²) in [6, 6.07) is 5.76. The largest absolute Gasteiger partial charge is 0.497 e. The lowest BCUT2D eigenvalue weighted by Crippen LogP contribution is -2.31. The zero-order valence-electron chi connectivity index (χ0n) is 17.9. The maximum Gasteiger partial charge on any atom is 0.252 e. The monoisotopic (exact) mass is 409 g/mol. The Morgan fingerprint density at radius 1 is 1.23 bits per heavy atom. The number of rotatable bonds is 6. The van der Waals surface area contributed by atoms with Crippen LogP contribution in [0.4, 0.5) is 0 Å². The van der Waals surface area contributed by atoms with E-state index in [1.807, 2.05) is 36.9 Å². The smallest absolute Gasteiger partial charge is 0.252 e. The van der Waals surface area contributed by atoms with E-state index < -0.39 is 0 Å². The molecule has 0 spiro atoms. The molecule has 8 heteroatoms. The highest BCUT2D eigenvalue weighted by atomic mass is 16.5. The first kappa shape index (κ1) is 20.1. The molecule has 3 aromatic rings. The summed E-state index contributed by atoms with van der Waals surface area (Å²) in [5.41, 5.74) is 3.93. The van der Waals surface area contributed by atoms with Crippen molar-refractivity contribution in [3.05, 3.63) is 47.0 Å². The minimum Gasteiger partial charge on any atom is -0.497 e. The predicted molar refractivity (Wildman–Crippen MR) is 112 cm³/mol. The third kappa shape index (κ3) is 3.58. The summed E-state index contributed by atoms with van der Waals surface area (Å²) < 4.78 is 12.7. The average Bonchev–Trinajstić information content (AvgIpc) is 3.42. The molecule has 3 heterocycles. The van der Waals surface area contributed by atoms with Crippen molar-refractivity contribution in [2.24, 2.45) is 0 Å². The Balaban J connectivity index is 1.54. The SMILES string of the molecule is COc1ccc(OC)c(C2CCCN2C(=O)CCc2c(C)nc3ncnn3c2C)c1. The molecule has 1 unspecified atom stereocenters. The van der Waals surface area contributed by atoms with Crippen LogP contribution in [0.25, 0.3) is 5.78 Å². The van der Waals surface area contributed by atoms with E-state index in [9.17, 15) is 4.79 Å². The van der Waals surface area contributed by atoms with Crippen LogP contribution in [0.3, 0.4) is 0 Å². The van der Waals surface area contributed by atoms with Crippen molar-refractivity contribution < 1.29 is 14.3 Å². The molecule has 0 radical (unpaired) electrons. The first-order chi connectivity index (χ1) is 14.5. The number of amides is 1. The molecular weight excluding hydrogens is 382 g/mol. The number of methoxy groups -OCH3 is 2. The summed E-state index contributed by atoms with van der Waals surface area (Å²) in [6.07, 6.45) is 4.44. The fourth-order valence-electron chi connectivity index (χ4n) is 4.38. The van der Waals surface area contributed by atoms with Crippen molar-refractivity contribution in [3.8, 4) is 11.5 Å². The van der Waals surface area contributed by atoms with Crippen molar-refractivity contribution in [1.29, 1.82) is 0 Å². The van der Waals surface area contributed by atoms with E-state index in [1.165, 1.54) is 6.33 Å². The Kier molecular flexibility index (Phi) is 5.57. The van der Waals surface area contributed by atoms with Gasteiger partial charge < -0.3 is 14.4 Å². The van der Waals surface area contributed by atoms with Gasteiger partial charge in [-0.2, -0.15) is 10.1 Å². The number of carbonyl (C=O) groups excluding carboxylic acids is 1. The van der Waals surface area contributed by atoms with Gasteiger partial charge in [0.2, 0.25) is 5.91 Å². The highest BCUT2D eigenvalue weighted by Gasteiger charge is 2.32. The van der Waals surface area contributed by atoms with E-state index in [0.29, 0.717) is 18.6 Å². The molecule has 1 saturated heterocycles. The molecule has 1 aromatic carbocycles. The molecule has 1 amide bonds. The van der Waals surface area contributed by atoms with Gasteiger partial charge in [-0.05, 0) is 56.9 Å². The molecule has 2 aromatic heterocycles. The first-order valence-electron chi connectivity index (χ1n) is 10.2. The van der Waals surface area contributed by atoms with Crippen LogP contribution in [-0.4, -0.2) is 51.2 Å². The fourth-order valence-corrected chi connectivity index (χ4v) is 4.38. The average molecular weight is 409 g/mol. The minimum atomic E-state index is 0.000615. The van der Waals surface area contributed by atoms with Gasteiger partial charge in [-0.15, -0.1) is 0 Å². The maximum absolute atomic E-state index is 13.2. The maximum atomic E-state index is 13.2. The van der Waals surface area contributed by atoms with E-state index in [4.69, 9.17) is 9.47 Å². The number of likely N-dealkylation sites (tertiary alicyclic amines) is 1. The van der Waals surface area contributed by atoms with Gasteiger partial charge in [0.15, 0.2) is 0 Å². The lowest BCUT2D eigenvalue weighted by molar-refractivity contribution is -0.132. The number of fused-ring (bicyclic) bond motifs is 1. The number of aromatic nitrogens is 4. The second-order valence-electron chi connectivity index (χ2n) is 7.59. The van der Waals surface area contributed by atoms with Gasteiger partial charge in [-0.1, -0.05) is 0 Å². The van der Waals surface area contributed by atoms with Gasteiger partial charge in [-0.25, -0.2) is 9.50 Å². The summed E-state index contributed by atoms with van der Waals surface area (Å²) in [6.45, 7) is 4.71. The molecule has 8 nitrogen and oxygen atoms in total. The van der Waals surface area contributed by atoms with Gasteiger partial charge >= 0.3 is 0 Å². The molecule has 0 bridgehead atoms. The van der Waals surface area contributed by atoms with Crippen LogP contribution in [0.5, 0.6) is 11.5 Å².